The Labute approximate surface area is 234 Å². The highest BCUT2D eigenvalue weighted by molar-refractivity contribution is 7.92. The number of nitrogens with one attached hydrogen (secondary N) is 4. The molecule has 0 aliphatic carbocycles. The molecule has 1 atom stereocenters. The fourth-order valence-corrected chi connectivity index (χ4v) is 6.75. The maximum Gasteiger partial charge on any atom is 0.240 e. The van der Waals surface area contributed by atoms with Crippen LogP contribution in [-0.4, -0.2) is 42.0 Å². The van der Waals surface area contributed by atoms with Crippen molar-refractivity contribution < 1.29 is 17.4 Å². The van der Waals surface area contributed by atoms with Gasteiger partial charge in [-0.2, -0.15) is 4.98 Å². The van der Waals surface area contributed by atoms with Crippen LogP contribution in [0.2, 0.25) is 0 Å². The van der Waals surface area contributed by atoms with E-state index in [0.717, 1.165) is 23.1 Å². The highest BCUT2D eigenvalue weighted by Gasteiger charge is 2.16. The van der Waals surface area contributed by atoms with Crippen LogP contribution in [0.5, 0.6) is 5.75 Å². The number of fused-ring (bicyclic) bond motifs is 4. The molecule has 4 bridgehead atoms. The second-order valence-corrected chi connectivity index (χ2v) is 13.3. The number of sulfonamides is 1. The molecule has 12 heteroatoms. The summed E-state index contributed by atoms with van der Waals surface area (Å²) >= 11 is 0. The van der Waals surface area contributed by atoms with Gasteiger partial charge >= 0.3 is 0 Å². The van der Waals surface area contributed by atoms with Crippen LogP contribution < -0.4 is 20.1 Å². The van der Waals surface area contributed by atoms with E-state index >= 15 is 0 Å². The molecule has 3 aromatic carbocycles. The number of methoxy groups -OCH3 is 1. The zero-order valence-corrected chi connectivity index (χ0v) is 23.5. The lowest BCUT2D eigenvalue weighted by molar-refractivity contribution is 0.414. The summed E-state index contributed by atoms with van der Waals surface area (Å²) in [5, 5.41) is 6.52. The summed E-state index contributed by atoms with van der Waals surface area (Å²) in [4.78, 5) is 9.83. The molecule has 1 aromatic heterocycles. The molecule has 0 saturated heterocycles. The van der Waals surface area contributed by atoms with Crippen LogP contribution in [0.3, 0.4) is 0 Å². The highest BCUT2D eigenvalue weighted by atomic mass is 32.2. The SMILES string of the molecule is COc1ccc(S(=O)(=O)NCc2ccc(-c3cnc4nc3NCCCCS(=N)(=O)c3cccc(c3)N4)cc2)cc1. The Morgan fingerprint density at radius 3 is 2.58 bits per heavy atom. The number of ether oxygens (including phenoxy) is 1. The third kappa shape index (κ3) is 6.41. The maximum absolute atomic E-state index is 12.9. The van der Waals surface area contributed by atoms with E-state index in [4.69, 9.17) is 9.52 Å². The molecule has 0 amide bonds. The van der Waals surface area contributed by atoms with Gasteiger partial charge in [-0.25, -0.2) is 27.1 Å². The molecule has 1 aliphatic rings. The Bertz CT molecular complexity index is 1710. The van der Waals surface area contributed by atoms with Gasteiger partial charge in [-0.3, -0.25) is 0 Å². The molecule has 5 rings (SSSR count). The number of anilines is 3. The molecule has 208 valence electrons. The van der Waals surface area contributed by atoms with Gasteiger partial charge < -0.3 is 15.4 Å². The second-order valence-electron chi connectivity index (χ2n) is 9.32. The third-order valence-electron chi connectivity index (χ3n) is 6.51. The van der Waals surface area contributed by atoms with Gasteiger partial charge in [-0.1, -0.05) is 30.3 Å². The molecule has 0 saturated carbocycles. The standard InChI is InChI=1S/C28H30N6O4S2/c1-38-23-11-13-24(14-12-23)40(36,37)32-18-20-7-9-21(10-8-20)26-19-31-28-33-22-5-4-6-25(17-22)39(29,35)16-3-2-15-30-27(26)34-28/h4-14,17,19,29,32H,2-3,15-16,18H2,1H3,(H2,30,31,33,34). The van der Waals surface area contributed by atoms with Crippen molar-refractivity contribution in [2.75, 3.05) is 30.0 Å². The van der Waals surface area contributed by atoms with E-state index in [2.05, 4.69) is 25.3 Å². The third-order valence-corrected chi connectivity index (χ3v) is 9.81. The number of hydrogen-bond donors (Lipinski definition) is 4. The fraction of sp³-hybridized carbons (Fsp3) is 0.214. The molecular formula is C28H30N6O4S2. The van der Waals surface area contributed by atoms with E-state index in [9.17, 15) is 12.6 Å². The first-order valence-electron chi connectivity index (χ1n) is 12.7. The Morgan fingerprint density at radius 2 is 1.82 bits per heavy atom. The first-order chi connectivity index (χ1) is 19.2. The largest absolute Gasteiger partial charge is 0.497 e. The molecule has 10 nitrogen and oxygen atoms in total. The lowest BCUT2D eigenvalue weighted by atomic mass is 10.1. The Balaban J connectivity index is 1.34. The van der Waals surface area contributed by atoms with Crippen molar-refractivity contribution in [3.63, 3.8) is 0 Å². The van der Waals surface area contributed by atoms with Crippen molar-refractivity contribution in [1.29, 1.82) is 4.78 Å². The van der Waals surface area contributed by atoms with Gasteiger partial charge in [0, 0.05) is 41.2 Å². The van der Waals surface area contributed by atoms with Gasteiger partial charge in [-0.15, -0.1) is 0 Å². The van der Waals surface area contributed by atoms with E-state index in [-0.39, 0.29) is 17.2 Å². The summed E-state index contributed by atoms with van der Waals surface area (Å²) in [7, 11) is -5.03. The topological polar surface area (TPSA) is 146 Å². The molecule has 0 spiro atoms. The zero-order chi connectivity index (χ0) is 28.2. The Morgan fingerprint density at radius 1 is 1.05 bits per heavy atom. The number of rotatable bonds is 6. The van der Waals surface area contributed by atoms with Crippen molar-refractivity contribution in [3.05, 3.63) is 84.6 Å². The minimum absolute atomic E-state index is 0.136. The Hall–Kier alpha value is -4.00. The quantitative estimate of drug-likeness (QED) is 0.250. The summed E-state index contributed by atoms with van der Waals surface area (Å²) in [6, 6.07) is 20.8. The van der Waals surface area contributed by atoms with Gasteiger partial charge in [0.1, 0.15) is 11.6 Å². The Kier molecular flexibility index (Phi) is 8.01. The van der Waals surface area contributed by atoms with Crippen LogP contribution in [0.4, 0.5) is 17.5 Å². The number of aromatic nitrogens is 2. The average Bonchev–Trinajstić information content (AvgIpc) is 2.96. The molecule has 40 heavy (non-hydrogen) atoms. The van der Waals surface area contributed by atoms with E-state index in [1.807, 2.05) is 30.3 Å². The molecule has 4 aromatic rings. The van der Waals surface area contributed by atoms with Gasteiger partial charge in [0.05, 0.1) is 21.7 Å². The molecule has 4 N–H and O–H groups in total. The van der Waals surface area contributed by atoms with Crippen molar-refractivity contribution >= 4 is 37.2 Å². The van der Waals surface area contributed by atoms with Crippen LogP contribution in [0.15, 0.2) is 88.8 Å². The number of hydrogen-bond acceptors (Lipinski definition) is 9. The number of nitrogens with zero attached hydrogens (tertiary/aromatic N) is 2. The van der Waals surface area contributed by atoms with E-state index in [1.54, 1.807) is 36.5 Å². The van der Waals surface area contributed by atoms with Crippen LogP contribution >= 0.6 is 0 Å². The van der Waals surface area contributed by atoms with Gasteiger partial charge in [0.2, 0.25) is 16.0 Å². The van der Waals surface area contributed by atoms with E-state index in [1.165, 1.54) is 19.2 Å². The normalized spacial score (nSPS) is 17.3. The number of benzene rings is 3. The molecule has 0 radical (unpaired) electrons. The van der Waals surface area contributed by atoms with Crippen LogP contribution in [-0.2, 0) is 26.3 Å². The molecule has 1 unspecified atom stereocenters. The summed E-state index contributed by atoms with van der Waals surface area (Å²) in [5.74, 6) is 1.90. The van der Waals surface area contributed by atoms with Gasteiger partial charge in [-0.05, 0) is 66.4 Å². The molecular weight excluding hydrogens is 548 g/mol. The molecule has 0 fully saturated rings. The van der Waals surface area contributed by atoms with Crippen LogP contribution in [0.1, 0.15) is 18.4 Å². The monoisotopic (exact) mass is 578 g/mol. The predicted octanol–water partition coefficient (Wildman–Crippen LogP) is 4.99. The van der Waals surface area contributed by atoms with Gasteiger partial charge in [0.25, 0.3) is 0 Å². The lowest BCUT2D eigenvalue weighted by Gasteiger charge is -2.14. The fourth-order valence-electron chi connectivity index (χ4n) is 4.27. The van der Waals surface area contributed by atoms with Crippen LogP contribution in [0.25, 0.3) is 11.1 Å². The predicted molar refractivity (Wildman–Crippen MR) is 156 cm³/mol. The van der Waals surface area contributed by atoms with E-state index in [0.29, 0.717) is 41.1 Å². The summed E-state index contributed by atoms with van der Waals surface area (Å²) in [5.41, 5.74) is 3.13. The van der Waals surface area contributed by atoms with Crippen LogP contribution in [0, 0.1) is 4.78 Å². The average molecular weight is 579 g/mol. The summed E-state index contributed by atoms with van der Waals surface area (Å²) in [6.07, 6.45) is 3.10. The first kappa shape index (κ1) is 27.6. The summed E-state index contributed by atoms with van der Waals surface area (Å²) in [6.45, 7) is 0.735. The van der Waals surface area contributed by atoms with E-state index < -0.39 is 19.8 Å². The first-order valence-corrected chi connectivity index (χ1v) is 15.9. The zero-order valence-electron chi connectivity index (χ0n) is 21.9. The van der Waals surface area contributed by atoms with Crippen molar-refractivity contribution in [3.8, 4) is 16.9 Å². The lowest BCUT2D eigenvalue weighted by Crippen LogP contribution is -2.23. The van der Waals surface area contributed by atoms with Crippen molar-refractivity contribution in [2.24, 2.45) is 0 Å². The minimum atomic E-state index is -3.67. The smallest absolute Gasteiger partial charge is 0.240 e. The molecule has 1 aliphatic heterocycles. The van der Waals surface area contributed by atoms with Crippen molar-refractivity contribution in [1.82, 2.24) is 14.7 Å². The highest BCUT2D eigenvalue weighted by Crippen LogP contribution is 2.29. The second kappa shape index (κ2) is 11.6. The molecule has 2 heterocycles. The summed E-state index contributed by atoms with van der Waals surface area (Å²) < 4.78 is 54.3. The minimum Gasteiger partial charge on any atom is -0.497 e. The maximum atomic E-state index is 12.9. The van der Waals surface area contributed by atoms with Crippen molar-refractivity contribution in [2.45, 2.75) is 29.2 Å². The van der Waals surface area contributed by atoms with Gasteiger partial charge in [0.15, 0.2) is 0 Å².